The lowest BCUT2D eigenvalue weighted by Crippen LogP contribution is -2.50. The van der Waals surface area contributed by atoms with E-state index in [1.807, 2.05) is 6.07 Å². The molecule has 0 aliphatic heterocycles. The van der Waals surface area contributed by atoms with E-state index in [-0.39, 0.29) is 16.9 Å². The summed E-state index contributed by atoms with van der Waals surface area (Å²) >= 11 is 5.91. The van der Waals surface area contributed by atoms with Crippen molar-refractivity contribution in [3.05, 3.63) is 88.9 Å². The Balaban J connectivity index is 1.76. The number of hydrogen-bond donors (Lipinski definition) is 2. The van der Waals surface area contributed by atoms with Crippen molar-refractivity contribution in [3.63, 3.8) is 0 Å². The molecule has 35 heavy (non-hydrogen) atoms. The molecule has 0 amide bonds. The van der Waals surface area contributed by atoms with Crippen molar-refractivity contribution in [1.82, 2.24) is 4.31 Å². The summed E-state index contributed by atoms with van der Waals surface area (Å²) in [5.74, 6) is -3.85. The van der Waals surface area contributed by atoms with E-state index < -0.39 is 40.0 Å². The average molecular weight is 511 g/mol. The van der Waals surface area contributed by atoms with E-state index in [1.165, 1.54) is 18.2 Å². The van der Waals surface area contributed by atoms with Gasteiger partial charge in [0.25, 0.3) is 0 Å². The van der Waals surface area contributed by atoms with Crippen LogP contribution >= 0.6 is 11.6 Å². The van der Waals surface area contributed by atoms with Crippen molar-refractivity contribution in [2.75, 3.05) is 6.54 Å². The fourth-order valence-corrected chi connectivity index (χ4v) is 6.14. The molecule has 2 unspecified atom stereocenters. The lowest BCUT2D eigenvalue weighted by atomic mass is 10.0. The van der Waals surface area contributed by atoms with Crippen LogP contribution in [0.5, 0.6) is 0 Å². The number of halogens is 1. The minimum Gasteiger partial charge on any atom is -0.480 e. The van der Waals surface area contributed by atoms with Gasteiger partial charge in [0.2, 0.25) is 10.0 Å². The molecule has 8 nitrogen and oxygen atoms in total. The fourth-order valence-electron chi connectivity index (χ4n) is 4.29. The van der Waals surface area contributed by atoms with Gasteiger partial charge in [0.1, 0.15) is 12.1 Å². The first-order chi connectivity index (χ1) is 16.6. The minimum absolute atomic E-state index is 0.156. The summed E-state index contributed by atoms with van der Waals surface area (Å²) in [4.78, 5) is 23.9. The normalized spacial score (nSPS) is 19.2. The largest absolute Gasteiger partial charge is 0.480 e. The maximum Gasteiger partial charge on any atom is 0.325 e. The Hall–Kier alpha value is -3.71. The summed E-state index contributed by atoms with van der Waals surface area (Å²) in [7, 11) is -4.53. The number of nitrogens with zero attached hydrogens (tertiary/aromatic N) is 2. The van der Waals surface area contributed by atoms with Gasteiger partial charge in [0, 0.05) is 10.9 Å². The predicted octanol–water partition coefficient (Wildman–Crippen LogP) is 3.96. The first kappa shape index (κ1) is 24.4. The second kappa shape index (κ2) is 9.15. The van der Waals surface area contributed by atoms with Crippen LogP contribution in [-0.4, -0.2) is 47.0 Å². The number of sulfonamides is 1. The third kappa shape index (κ3) is 4.39. The second-order valence-corrected chi connectivity index (χ2v) is 10.4. The van der Waals surface area contributed by atoms with E-state index in [9.17, 15) is 33.5 Å². The van der Waals surface area contributed by atoms with E-state index in [2.05, 4.69) is 0 Å². The van der Waals surface area contributed by atoms with Gasteiger partial charge in [-0.05, 0) is 53.4 Å². The zero-order chi connectivity index (χ0) is 25.4. The Labute approximate surface area is 206 Å². The quantitative estimate of drug-likeness (QED) is 0.468. The number of benzene rings is 3. The van der Waals surface area contributed by atoms with Crippen molar-refractivity contribution in [2.24, 2.45) is 0 Å². The number of carbonyl (C=O) groups is 2. The Morgan fingerprint density at radius 3 is 2.11 bits per heavy atom. The molecular weight excluding hydrogens is 492 g/mol. The first-order valence-electron chi connectivity index (χ1n) is 10.4. The molecule has 1 aliphatic carbocycles. The van der Waals surface area contributed by atoms with Gasteiger partial charge in [-0.25, -0.2) is 8.42 Å². The molecular formula is C25H19ClN2O6S. The summed E-state index contributed by atoms with van der Waals surface area (Å²) in [6.07, 6.45) is -0.156. The van der Waals surface area contributed by atoms with E-state index in [0.717, 1.165) is 5.56 Å². The molecule has 0 radical (unpaired) electrons. The number of hydrogen-bond acceptors (Lipinski definition) is 5. The van der Waals surface area contributed by atoms with Gasteiger partial charge in [0.15, 0.2) is 0 Å². The lowest BCUT2D eigenvalue weighted by Gasteiger charge is -2.28. The molecule has 3 aromatic carbocycles. The maximum atomic E-state index is 13.6. The maximum absolute atomic E-state index is 13.6. The summed E-state index contributed by atoms with van der Waals surface area (Å²) in [5.41, 5.74) is 0.0318. The molecule has 0 aromatic heterocycles. The topological polar surface area (TPSA) is 136 Å². The van der Waals surface area contributed by atoms with Gasteiger partial charge < -0.3 is 10.2 Å². The molecule has 178 valence electrons. The third-order valence-corrected chi connectivity index (χ3v) is 8.26. The molecule has 2 atom stereocenters. The summed E-state index contributed by atoms with van der Waals surface area (Å²) in [5, 5.41) is 29.6. The Bertz CT molecular complexity index is 1450. The lowest BCUT2D eigenvalue weighted by molar-refractivity contribution is -0.145. The van der Waals surface area contributed by atoms with Gasteiger partial charge in [0.05, 0.1) is 16.5 Å². The molecule has 1 saturated carbocycles. The molecule has 2 N–H and O–H groups in total. The molecule has 3 aromatic rings. The zero-order valence-electron chi connectivity index (χ0n) is 18.1. The van der Waals surface area contributed by atoms with Gasteiger partial charge in [-0.1, -0.05) is 54.1 Å². The molecule has 0 spiro atoms. The Morgan fingerprint density at radius 1 is 1.00 bits per heavy atom. The number of carboxylic acids is 2. The minimum atomic E-state index is -4.53. The SMILES string of the molecule is N#Cc1ccccc1C1CC1(C(=O)O)N(CC(=O)O)S(=O)(=O)c1ccc(-c2ccc(Cl)cc2)cc1. The molecule has 1 aliphatic rings. The van der Waals surface area contributed by atoms with E-state index >= 15 is 0 Å². The van der Waals surface area contributed by atoms with Gasteiger partial charge >= 0.3 is 11.9 Å². The molecule has 4 rings (SSSR count). The van der Waals surface area contributed by atoms with Gasteiger partial charge in [-0.2, -0.15) is 9.57 Å². The first-order valence-corrected chi connectivity index (χ1v) is 12.3. The fraction of sp³-hybridized carbons (Fsp3) is 0.160. The second-order valence-electron chi connectivity index (χ2n) is 8.12. The van der Waals surface area contributed by atoms with Crippen LogP contribution in [0.2, 0.25) is 5.02 Å². The highest BCUT2D eigenvalue weighted by Crippen LogP contribution is 2.57. The monoisotopic (exact) mass is 510 g/mol. The molecule has 0 heterocycles. The Kier molecular flexibility index (Phi) is 6.38. The molecule has 0 bridgehead atoms. The number of aliphatic carboxylic acids is 2. The number of nitriles is 1. The standard InChI is InChI=1S/C25H19ClN2O6S/c26-19-9-5-16(6-10-19)17-7-11-20(12-8-17)35(33,34)28(15-23(29)30)25(24(31)32)13-22(25)21-4-2-1-3-18(21)14-27/h1-12,22H,13,15H2,(H,29,30)(H,31,32). The third-order valence-electron chi connectivity index (χ3n) is 6.10. The summed E-state index contributed by atoms with van der Waals surface area (Å²) in [6.45, 7) is -1.04. The van der Waals surface area contributed by atoms with Crippen LogP contribution in [-0.2, 0) is 19.6 Å². The van der Waals surface area contributed by atoms with Crippen LogP contribution < -0.4 is 0 Å². The highest BCUT2D eigenvalue weighted by Gasteiger charge is 2.68. The number of carboxylic acid groups (broad SMARTS) is 2. The highest BCUT2D eigenvalue weighted by molar-refractivity contribution is 7.89. The highest BCUT2D eigenvalue weighted by atomic mass is 35.5. The van der Waals surface area contributed by atoms with Crippen molar-refractivity contribution in [3.8, 4) is 17.2 Å². The van der Waals surface area contributed by atoms with Crippen molar-refractivity contribution in [1.29, 1.82) is 5.26 Å². The van der Waals surface area contributed by atoms with Crippen LogP contribution in [0.1, 0.15) is 23.5 Å². The van der Waals surface area contributed by atoms with Crippen molar-refractivity contribution < 1.29 is 28.2 Å². The van der Waals surface area contributed by atoms with Crippen molar-refractivity contribution in [2.45, 2.75) is 22.8 Å². The average Bonchev–Trinajstić information content (AvgIpc) is 3.59. The predicted molar refractivity (Wildman–Crippen MR) is 127 cm³/mol. The van der Waals surface area contributed by atoms with Crippen LogP contribution in [0, 0.1) is 11.3 Å². The number of rotatable bonds is 8. The van der Waals surface area contributed by atoms with Crippen LogP contribution in [0.15, 0.2) is 77.7 Å². The van der Waals surface area contributed by atoms with Gasteiger partial charge in [-0.15, -0.1) is 0 Å². The Morgan fingerprint density at radius 2 is 1.57 bits per heavy atom. The zero-order valence-corrected chi connectivity index (χ0v) is 19.7. The summed E-state index contributed by atoms with van der Waals surface area (Å²) < 4.78 is 27.7. The smallest absolute Gasteiger partial charge is 0.325 e. The van der Waals surface area contributed by atoms with E-state index in [4.69, 9.17) is 11.6 Å². The molecule has 1 fully saturated rings. The summed E-state index contributed by atoms with van der Waals surface area (Å²) in [6, 6.07) is 20.9. The van der Waals surface area contributed by atoms with E-state index in [1.54, 1.807) is 54.6 Å². The van der Waals surface area contributed by atoms with Gasteiger partial charge in [-0.3, -0.25) is 9.59 Å². The van der Waals surface area contributed by atoms with E-state index in [0.29, 0.717) is 20.5 Å². The molecule has 0 saturated heterocycles. The molecule has 10 heteroatoms. The van der Waals surface area contributed by atoms with Crippen LogP contribution in [0.3, 0.4) is 0 Å². The van der Waals surface area contributed by atoms with Crippen molar-refractivity contribution >= 4 is 33.6 Å². The van der Waals surface area contributed by atoms with Crippen LogP contribution in [0.4, 0.5) is 0 Å². The van der Waals surface area contributed by atoms with Crippen LogP contribution in [0.25, 0.3) is 11.1 Å².